The predicted octanol–water partition coefficient (Wildman–Crippen LogP) is 7.52. The van der Waals surface area contributed by atoms with Crippen molar-refractivity contribution in [3.63, 3.8) is 0 Å². The SMILES string of the molecule is O=C(NC1CCCCC1)[C@H](Cc1ccccc1)N(Cc1c(Cl)cccc1Cl)C(=O)CCCN1c2cccc3cccc(c23)S1(=O)=O. The fourth-order valence-corrected chi connectivity index (χ4v) is 8.93. The first-order valence-electron chi connectivity index (χ1n) is 15.8. The summed E-state index contributed by atoms with van der Waals surface area (Å²) in [6.45, 7) is 0.167. The Morgan fingerprint density at radius 1 is 0.870 bits per heavy atom. The van der Waals surface area contributed by atoms with Crippen LogP contribution in [0.25, 0.3) is 10.8 Å². The van der Waals surface area contributed by atoms with Crippen molar-refractivity contribution in [1.29, 1.82) is 0 Å². The van der Waals surface area contributed by atoms with E-state index in [1.807, 2.05) is 48.5 Å². The van der Waals surface area contributed by atoms with Crippen molar-refractivity contribution in [2.75, 3.05) is 10.8 Å². The molecule has 1 N–H and O–H groups in total. The molecule has 0 spiro atoms. The van der Waals surface area contributed by atoms with E-state index in [9.17, 15) is 18.0 Å². The van der Waals surface area contributed by atoms with Gasteiger partial charge in [-0.2, -0.15) is 0 Å². The molecule has 1 saturated carbocycles. The van der Waals surface area contributed by atoms with Crippen molar-refractivity contribution in [2.45, 2.75) is 74.9 Å². The highest BCUT2D eigenvalue weighted by Gasteiger charge is 2.36. The van der Waals surface area contributed by atoms with Crippen LogP contribution in [0.4, 0.5) is 5.69 Å². The van der Waals surface area contributed by atoms with Gasteiger partial charge in [0.15, 0.2) is 0 Å². The lowest BCUT2D eigenvalue weighted by atomic mass is 9.94. The van der Waals surface area contributed by atoms with Gasteiger partial charge in [0, 0.05) is 53.0 Å². The molecule has 46 heavy (non-hydrogen) atoms. The van der Waals surface area contributed by atoms with Crippen molar-refractivity contribution in [1.82, 2.24) is 10.2 Å². The summed E-state index contributed by atoms with van der Waals surface area (Å²) in [4.78, 5) is 30.2. The molecule has 1 atom stereocenters. The average Bonchev–Trinajstić information content (AvgIpc) is 3.28. The zero-order valence-electron chi connectivity index (χ0n) is 25.5. The molecule has 4 aromatic carbocycles. The molecule has 2 aliphatic rings. The molecule has 6 rings (SSSR count). The largest absolute Gasteiger partial charge is 0.352 e. The summed E-state index contributed by atoms with van der Waals surface area (Å²) in [5.74, 6) is -0.487. The van der Waals surface area contributed by atoms with Crippen molar-refractivity contribution in [3.8, 4) is 0 Å². The third kappa shape index (κ3) is 6.75. The molecule has 0 bridgehead atoms. The smallest absolute Gasteiger partial charge is 0.265 e. The number of carbonyl (C=O) groups is 2. The van der Waals surface area contributed by atoms with Gasteiger partial charge in [0.2, 0.25) is 11.8 Å². The highest BCUT2D eigenvalue weighted by atomic mass is 35.5. The number of hydrogen-bond donors (Lipinski definition) is 1. The lowest BCUT2D eigenvalue weighted by Gasteiger charge is -2.34. The molecule has 1 heterocycles. The molecule has 0 unspecified atom stereocenters. The van der Waals surface area contributed by atoms with Gasteiger partial charge in [0.05, 0.1) is 10.6 Å². The van der Waals surface area contributed by atoms with Gasteiger partial charge in [0.1, 0.15) is 6.04 Å². The third-order valence-corrected chi connectivity index (χ3v) is 11.6. The van der Waals surface area contributed by atoms with Gasteiger partial charge in [-0.05, 0) is 54.5 Å². The molecule has 4 aromatic rings. The van der Waals surface area contributed by atoms with Crippen molar-refractivity contribution >= 4 is 61.5 Å². The number of nitrogens with one attached hydrogen (secondary N) is 1. The number of hydrogen-bond acceptors (Lipinski definition) is 4. The summed E-state index contributed by atoms with van der Waals surface area (Å²) in [7, 11) is -3.75. The van der Waals surface area contributed by atoms with Gasteiger partial charge < -0.3 is 10.2 Å². The first kappa shape index (κ1) is 32.4. The van der Waals surface area contributed by atoms with E-state index in [4.69, 9.17) is 23.2 Å². The van der Waals surface area contributed by atoms with E-state index in [1.165, 1.54) is 4.31 Å². The summed E-state index contributed by atoms with van der Waals surface area (Å²) >= 11 is 13.2. The number of amides is 2. The van der Waals surface area contributed by atoms with Crippen LogP contribution in [0, 0.1) is 0 Å². The second-order valence-electron chi connectivity index (χ2n) is 12.1. The molecule has 2 amide bonds. The molecular formula is C36H37Cl2N3O4S. The first-order chi connectivity index (χ1) is 22.2. The predicted molar refractivity (Wildman–Crippen MR) is 184 cm³/mol. The fourth-order valence-electron chi connectivity index (χ4n) is 6.67. The Labute approximate surface area is 280 Å². The zero-order valence-corrected chi connectivity index (χ0v) is 27.8. The first-order valence-corrected chi connectivity index (χ1v) is 18.0. The highest BCUT2D eigenvalue weighted by molar-refractivity contribution is 7.93. The monoisotopic (exact) mass is 677 g/mol. The van der Waals surface area contributed by atoms with Gasteiger partial charge in [-0.15, -0.1) is 0 Å². The Bertz CT molecular complexity index is 1820. The number of anilines is 1. The lowest BCUT2D eigenvalue weighted by Crippen LogP contribution is -2.53. The van der Waals surface area contributed by atoms with Gasteiger partial charge in [0.25, 0.3) is 10.0 Å². The van der Waals surface area contributed by atoms with E-state index >= 15 is 0 Å². The molecule has 240 valence electrons. The normalized spacial score (nSPS) is 16.3. The van der Waals surface area contributed by atoms with Crippen LogP contribution in [-0.2, 0) is 32.6 Å². The molecular weight excluding hydrogens is 641 g/mol. The van der Waals surface area contributed by atoms with E-state index in [-0.39, 0.29) is 48.7 Å². The Kier molecular flexibility index (Phi) is 9.87. The Morgan fingerprint density at radius 3 is 2.26 bits per heavy atom. The van der Waals surface area contributed by atoms with Crippen molar-refractivity contribution < 1.29 is 18.0 Å². The van der Waals surface area contributed by atoms with Gasteiger partial charge in [-0.1, -0.05) is 103 Å². The van der Waals surface area contributed by atoms with Crippen LogP contribution in [0.1, 0.15) is 56.1 Å². The number of nitrogens with zero attached hydrogens (tertiary/aromatic N) is 2. The van der Waals surface area contributed by atoms with E-state index in [0.29, 0.717) is 33.1 Å². The second-order valence-corrected chi connectivity index (χ2v) is 14.7. The van der Waals surface area contributed by atoms with Crippen LogP contribution < -0.4 is 9.62 Å². The fraction of sp³-hybridized carbons (Fsp3) is 0.333. The minimum Gasteiger partial charge on any atom is -0.352 e. The number of halogens is 2. The van der Waals surface area contributed by atoms with Crippen molar-refractivity contribution in [3.05, 3.63) is 106 Å². The molecule has 1 aliphatic heterocycles. The van der Waals surface area contributed by atoms with Gasteiger partial charge in [-0.3, -0.25) is 13.9 Å². The number of benzene rings is 4. The summed E-state index contributed by atoms with van der Waals surface area (Å²) in [6, 6.07) is 24.9. The standard InChI is InChI=1S/C36H37Cl2N3O4S/c37-29-17-9-18-30(38)28(29)24-40(32(23-25-11-3-1-4-12-25)36(43)39-27-15-5-2-6-16-27)34(42)21-10-22-41-31-19-7-13-26-14-8-20-33(35(26)31)46(41,44)45/h1,3-4,7-9,11-14,17-20,27,32H,2,5-6,10,15-16,21-24H2,(H,39,43)/t32-/m0/s1. The molecule has 0 aromatic heterocycles. The maximum absolute atomic E-state index is 14.2. The lowest BCUT2D eigenvalue weighted by molar-refractivity contribution is -0.141. The zero-order chi connectivity index (χ0) is 32.3. The third-order valence-electron chi connectivity index (χ3n) is 9.05. The van der Waals surface area contributed by atoms with E-state index in [1.54, 1.807) is 41.3 Å². The van der Waals surface area contributed by atoms with Gasteiger partial charge >= 0.3 is 0 Å². The summed E-state index contributed by atoms with van der Waals surface area (Å²) in [5, 5.41) is 5.61. The number of carbonyl (C=O) groups excluding carboxylic acids is 2. The number of rotatable bonds is 11. The van der Waals surface area contributed by atoms with Crippen LogP contribution in [0.2, 0.25) is 10.0 Å². The molecule has 0 saturated heterocycles. The molecule has 1 aliphatic carbocycles. The maximum atomic E-state index is 14.2. The Hall–Kier alpha value is -3.59. The van der Waals surface area contributed by atoms with E-state index in [2.05, 4.69) is 5.32 Å². The average molecular weight is 679 g/mol. The van der Waals surface area contributed by atoms with Gasteiger partial charge in [-0.25, -0.2) is 8.42 Å². The summed E-state index contributed by atoms with van der Waals surface area (Å²) in [5.41, 5.74) is 2.10. The van der Waals surface area contributed by atoms with Crippen LogP contribution in [-0.4, -0.2) is 43.8 Å². The molecule has 10 heteroatoms. The topological polar surface area (TPSA) is 86.8 Å². The highest BCUT2D eigenvalue weighted by Crippen LogP contribution is 2.42. The van der Waals surface area contributed by atoms with Crippen LogP contribution >= 0.6 is 23.2 Å². The molecule has 0 radical (unpaired) electrons. The van der Waals surface area contributed by atoms with Crippen LogP contribution in [0.5, 0.6) is 0 Å². The van der Waals surface area contributed by atoms with Crippen molar-refractivity contribution in [2.24, 2.45) is 0 Å². The molecule has 7 nitrogen and oxygen atoms in total. The maximum Gasteiger partial charge on any atom is 0.265 e. The summed E-state index contributed by atoms with van der Waals surface area (Å²) < 4.78 is 28.5. The second kappa shape index (κ2) is 14.0. The van der Waals surface area contributed by atoms with Crippen LogP contribution in [0.3, 0.4) is 0 Å². The van der Waals surface area contributed by atoms with E-state index in [0.717, 1.165) is 43.1 Å². The minimum absolute atomic E-state index is 0.0302. The number of sulfonamides is 1. The van der Waals surface area contributed by atoms with E-state index < -0.39 is 16.1 Å². The Balaban J connectivity index is 1.27. The minimum atomic E-state index is -3.75. The quantitative estimate of drug-likeness (QED) is 0.178. The molecule has 1 fully saturated rings. The summed E-state index contributed by atoms with van der Waals surface area (Å²) in [6.07, 6.45) is 5.69. The Morgan fingerprint density at radius 2 is 1.54 bits per heavy atom. The van der Waals surface area contributed by atoms with Crippen LogP contribution in [0.15, 0.2) is 89.8 Å².